The summed E-state index contributed by atoms with van der Waals surface area (Å²) in [5.74, 6) is -0.173. The minimum absolute atomic E-state index is 0.0256. The molecular formula is C10H13N3O2. The maximum absolute atomic E-state index is 10.8. The van der Waals surface area contributed by atoms with Gasteiger partial charge in [-0.05, 0) is 5.92 Å². The number of benzene rings is 1. The summed E-state index contributed by atoms with van der Waals surface area (Å²) >= 11 is 0. The van der Waals surface area contributed by atoms with Crippen LogP contribution in [0, 0.1) is 15.5 Å². The third-order valence-corrected chi connectivity index (χ3v) is 2.15. The van der Waals surface area contributed by atoms with Gasteiger partial charge in [0.15, 0.2) is 0 Å². The normalized spacial score (nSPS) is 10.3. The molecule has 0 atom stereocenters. The van der Waals surface area contributed by atoms with E-state index in [-0.39, 0.29) is 17.4 Å². The second-order valence-corrected chi connectivity index (χ2v) is 3.56. The Hall–Kier alpha value is -1.91. The molecule has 0 aliphatic rings. The standard InChI is InChI=1S/C10H13N3O2/c1-6(2)9-7(10(11)12)4-3-5-8(9)13(14)15/h3-6H,1-2H3,(H3,11,12). The molecule has 3 N–H and O–H groups in total. The Morgan fingerprint density at radius 2 is 2.13 bits per heavy atom. The Balaban J connectivity index is 3.48. The van der Waals surface area contributed by atoms with Crippen molar-refractivity contribution < 1.29 is 4.92 Å². The van der Waals surface area contributed by atoms with E-state index in [1.54, 1.807) is 12.1 Å². The molecule has 0 saturated carbocycles. The Bertz CT molecular complexity index is 381. The van der Waals surface area contributed by atoms with Crippen LogP contribution in [0.25, 0.3) is 0 Å². The molecule has 0 radical (unpaired) electrons. The van der Waals surface area contributed by atoms with Gasteiger partial charge in [-0.25, -0.2) is 0 Å². The molecular weight excluding hydrogens is 194 g/mol. The van der Waals surface area contributed by atoms with E-state index in [2.05, 4.69) is 0 Å². The Kier molecular flexibility index (Phi) is 3.04. The zero-order valence-corrected chi connectivity index (χ0v) is 8.65. The Morgan fingerprint density at radius 3 is 2.53 bits per heavy atom. The van der Waals surface area contributed by atoms with Crippen molar-refractivity contribution in [3.63, 3.8) is 0 Å². The molecule has 0 unspecified atom stereocenters. The van der Waals surface area contributed by atoms with Crippen LogP contribution >= 0.6 is 0 Å². The summed E-state index contributed by atoms with van der Waals surface area (Å²) in [7, 11) is 0. The highest BCUT2D eigenvalue weighted by Crippen LogP contribution is 2.29. The molecule has 0 fully saturated rings. The number of rotatable bonds is 3. The third kappa shape index (κ3) is 2.12. The van der Waals surface area contributed by atoms with Crippen molar-refractivity contribution in [2.75, 3.05) is 0 Å². The minimum atomic E-state index is -0.443. The summed E-state index contributed by atoms with van der Waals surface area (Å²) in [5, 5.41) is 18.2. The molecule has 0 amide bonds. The molecule has 1 rings (SSSR count). The van der Waals surface area contributed by atoms with Gasteiger partial charge in [0.1, 0.15) is 5.84 Å². The van der Waals surface area contributed by atoms with Crippen LogP contribution in [0.15, 0.2) is 18.2 Å². The van der Waals surface area contributed by atoms with Crippen molar-refractivity contribution in [1.82, 2.24) is 0 Å². The van der Waals surface area contributed by atoms with Crippen LogP contribution in [0.3, 0.4) is 0 Å². The van der Waals surface area contributed by atoms with Crippen LogP contribution in [0.2, 0.25) is 0 Å². The number of nitrogens with zero attached hydrogens (tertiary/aromatic N) is 1. The first-order valence-electron chi connectivity index (χ1n) is 4.56. The predicted octanol–water partition coefficient (Wildman–Crippen LogP) is 2.00. The highest BCUT2D eigenvalue weighted by Gasteiger charge is 2.20. The molecule has 0 bridgehead atoms. The van der Waals surface area contributed by atoms with Gasteiger partial charge in [-0.15, -0.1) is 0 Å². The van der Waals surface area contributed by atoms with Crippen molar-refractivity contribution in [2.45, 2.75) is 19.8 Å². The molecule has 0 heterocycles. The van der Waals surface area contributed by atoms with Crippen LogP contribution in [-0.2, 0) is 0 Å². The SMILES string of the molecule is CC(C)c1c(C(=N)N)cccc1[N+](=O)[O-]. The van der Waals surface area contributed by atoms with Crippen molar-refractivity contribution in [2.24, 2.45) is 5.73 Å². The van der Waals surface area contributed by atoms with E-state index in [1.165, 1.54) is 6.07 Å². The first-order valence-corrected chi connectivity index (χ1v) is 4.56. The summed E-state index contributed by atoms with van der Waals surface area (Å²) < 4.78 is 0. The van der Waals surface area contributed by atoms with Crippen LogP contribution in [-0.4, -0.2) is 10.8 Å². The molecule has 1 aromatic rings. The number of nitro groups is 1. The zero-order chi connectivity index (χ0) is 11.6. The van der Waals surface area contributed by atoms with E-state index < -0.39 is 4.92 Å². The smallest absolute Gasteiger partial charge is 0.273 e. The number of nitrogen functional groups attached to an aromatic ring is 1. The maximum Gasteiger partial charge on any atom is 0.273 e. The highest BCUT2D eigenvalue weighted by molar-refractivity contribution is 5.97. The number of hydrogen-bond donors (Lipinski definition) is 2. The van der Waals surface area contributed by atoms with E-state index >= 15 is 0 Å². The minimum Gasteiger partial charge on any atom is -0.384 e. The molecule has 0 aliphatic carbocycles. The van der Waals surface area contributed by atoms with Gasteiger partial charge in [-0.1, -0.05) is 26.0 Å². The monoisotopic (exact) mass is 207 g/mol. The number of nitrogens with two attached hydrogens (primary N) is 1. The fourth-order valence-corrected chi connectivity index (χ4v) is 1.55. The summed E-state index contributed by atoms with van der Waals surface area (Å²) in [6.07, 6.45) is 0. The molecule has 0 spiro atoms. The molecule has 15 heavy (non-hydrogen) atoms. The largest absolute Gasteiger partial charge is 0.384 e. The summed E-state index contributed by atoms with van der Waals surface area (Å²) in [5.41, 5.74) is 6.37. The molecule has 80 valence electrons. The Morgan fingerprint density at radius 1 is 1.53 bits per heavy atom. The predicted molar refractivity (Wildman–Crippen MR) is 58.2 cm³/mol. The number of nitro benzene ring substituents is 1. The lowest BCUT2D eigenvalue weighted by molar-refractivity contribution is -0.385. The van der Waals surface area contributed by atoms with E-state index in [0.29, 0.717) is 11.1 Å². The average molecular weight is 207 g/mol. The molecule has 5 heteroatoms. The Labute approximate surface area is 87.6 Å². The third-order valence-electron chi connectivity index (χ3n) is 2.15. The van der Waals surface area contributed by atoms with Crippen molar-refractivity contribution >= 4 is 11.5 Å². The average Bonchev–Trinajstić information content (AvgIpc) is 2.16. The molecule has 0 aliphatic heterocycles. The lowest BCUT2D eigenvalue weighted by atomic mass is 9.95. The zero-order valence-electron chi connectivity index (χ0n) is 8.65. The second-order valence-electron chi connectivity index (χ2n) is 3.56. The quantitative estimate of drug-likeness (QED) is 0.343. The van der Waals surface area contributed by atoms with Gasteiger partial charge in [0, 0.05) is 17.2 Å². The van der Waals surface area contributed by atoms with Crippen LogP contribution < -0.4 is 5.73 Å². The van der Waals surface area contributed by atoms with Crippen LogP contribution in [0.4, 0.5) is 5.69 Å². The second kappa shape index (κ2) is 4.08. The summed E-state index contributed by atoms with van der Waals surface area (Å²) in [6, 6.07) is 4.60. The molecule has 1 aromatic carbocycles. The lowest BCUT2D eigenvalue weighted by Gasteiger charge is -2.11. The van der Waals surface area contributed by atoms with E-state index in [0.717, 1.165) is 0 Å². The molecule has 0 aromatic heterocycles. The summed E-state index contributed by atoms with van der Waals surface area (Å²) in [4.78, 5) is 10.4. The van der Waals surface area contributed by atoms with Gasteiger partial charge < -0.3 is 5.73 Å². The fraction of sp³-hybridized carbons (Fsp3) is 0.300. The lowest BCUT2D eigenvalue weighted by Crippen LogP contribution is -2.15. The van der Waals surface area contributed by atoms with Crippen LogP contribution in [0.5, 0.6) is 0 Å². The number of nitrogens with one attached hydrogen (secondary N) is 1. The van der Waals surface area contributed by atoms with Crippen molar-refractivity contribution in [3.05, 3.63) is 39.4 Å². The van der Waals surface area contributed by atoms with Gasteiger partial charge in [0.2, 0.25) is 0 Å². The van der Waals surface area contributed by atoms with E-state index in [9.17, 15) is 10.1 Å². The van der Waals surface area contributed by atoms with Gasteiger partial charge in [0.05, 0.1) is 4.92 Å². The topological polar surface area (TPSA) is 93.0 Å². The number of hydrogen-bond acceptors (Lipinski definition) is 3. The maximum atomic E-state index is 10.8. The first-order chi connectivity index (χ1) is 6.95. The molecule has 5 nitrogen and oxygen atoms in total. The van der Waals surface area contributed by atoms with Gasteiger partial charge in [-0.3, -0.25) is 15.5 Å². The van der Waals surface area contributed by atoms with Gasteiger partial charge >= 0.3 is 0 Å². The van der Waals surface area contributed by atoms with E-state index in [1.807, 2.05) is 13.8 Å². The van der Waals surface area contributed by atoms with Gasteiger partial charge in [0.25, 0.3) is 5.69 Å². The van der Waals surface area contributed by atoms with Crippen LogP contribution in [0.1, 0.15) is 30.9 Å². The van der Waals surface area contributed by atoms with Crippen molar-refractivity contribution in [3.8, 4) is 0 Å². The highest BCUT2D eigenvalue weighted by atomic mass is 16.6. The number of amidine groups is 1. The molecule has 0 saturated heterocycles. The van der Waals surface area contributed by atoms with Crippen molar-refractivity contribution in [1.29, 1.82) is 5.41 Å². The first kappa shape index (κ1) is 11.2. The summed E-state index contributed by atoms with van der Waals surface area (Å²) in [6.45, 7) is 3.68. The van der Waals surface area contributed by atoms with Gasteiger partial charge in [-0.2, -0.15) is 0 Å². The van der Waals surface area contributed by atoms with E-state index in [4.69, 9.17) is 11.1 Å². The fourth-order valence-electron chi connectivity index (χ4n) is 1.55.